The van der Waals surface area contributed by atoms with Crippen LogP contribution in [-0.4, -0.2) is 11.1 Å². The lowest BCUT2D eigenvalue weighted by Gasteiger charge is -2.46. The van der Waals surface area contributed by atoms with Crippen molar-refractivity contribution in [3.8, 4) is 0 Å². The molecule has 1 heterocycles. The van der Waals surface area contributed by atoms with Gasteiger partial charge in [-0.2, -0.15) is 144 Å². The fourth-order valence-corrected chi connectivity index (χ4v) is 7.82. The summed E-state index contributed by atoms with van der Waals surface area (Å²) < 4.78 is 343. The third kappa shape index (κ3) is 13.1. The molecule has 0 saturated carbocycles. The highest BCUT2D eigenvalue weighted by atomic mass is 32.1. The molecule has 0 radical (unpaired) electrons. The molecular weight excluding hydrogens is 1060 g/mol. The molecule has 1 aromatic heterocycles. The number of benzene rings is 5. The van der Waals surface area contributed by atoms with Gasteiger partial charge in [-0.15, -0.1) is 0 Å². The van der Waals surface area contributed by atoms with Gasteiger partial charge in [0.05, 0.1) is 62.7 Å². The van der Waals surface area contributed by atoms with Crippen LogP contribution in [-0.2, 0) is 61.7 Å². The summed E-state index contributed by atoms with van der Waals surface area (Å²) in [5.41, 5.74) is -27.8. The first-order valence-electron chi connectivity index (χ1n) is 19.5. The van der Waals surface area contributed by atoms with Gasteiger partial charge < -0.3 is 0 Å². The van der Waals surface area contributed by atoms with Crippen LogP contribution < -0.4 is 26.4 Å². The van der Waals surface area contributed by atoms with Crippen LogP contribution in [0.2, 0.25) is 0 Å². The molecule has 0 saturated heterocycles. The predicted octanol–water partition coefficient (Wildman–Crippen LogP) is 13.1. The quantitative estimate of drug-likeness (QED) is 0.0730. The van der Waals surface area contributed by atoms with Crippen LogP contribution in [0.15, 0.2) is 122 Å². The van der Waals surface area contributed by atoms with Gasteiger partial charge in [0.15, 0.2) is 12.7 Å². The summed E-state index contributed by atoms with van der Waals surface area (Å²) in [5, 5.41) is 0. The van der Waals surface area contributed by atoms with E-state index in [1.54, 1.807) is 6.20 Å². The number of alkyl halides is 24. The maximum atomic E-state index is 14.2. The van der Waals surface area contributed by atoms with Gasteiger partial charge in [-0.3, -0.25) is 4.98 Å². The van der Waals surface area contributed by atoms with Gasteiger partial charge in [-0.05, 0) is 24.3 Å². The molecular formula is C44H25BF24N2S. The van der Waals surface area contributed by atoms with E-state index in [0.29, 0.717) is 5.75 Å². The molecule has 0 aliphatic rings. The number of hydrogen-bond acceptors (Lipinski definition) is 2. The normalized spacial score (nSPS) is 13.5. The molecule has 0 unspecified atom stereocenters. The minimum atomic E-state index is -6.13. The van der Waals surface area contributed by atoms with Crippen molar-refractivity contribution < 1.29 is 110 Å². The summed E-state index contributed by atoms with van der Waals surface area (Å²) in [5.74, 6) is 0.709. The molecule has 0 aliphatic heterocycles. The van der Waals surface area contributed by atoms with Crippen molar-refractivity contribution in [1.29, 1.82) is 0 Å². The standard InChI is InChI=1S/C32H12BF24.C12H12N2S/c34-25(35,36)13-1-14(26(37,38)39)6-21(5-13)33(22-7-15(27(40,41)42)2-16(8-22)28(43,44)45,23-9-17(29(46,47)48)3-18(10-23)30(49,50)51)24-11-19(31(52,53)54)4-20(12-24)32(55,56)57;15-10-12-8-13-6-7-14(12)9-11-4-2-1-3-5-11/h1-12H;1-8H,9-10H2/q-1;/p+1. The molecule has 0 amide bonds. The Labute approximate surface area is 394 Å². The molecule has 72 heavy (non-hydrogen) atoms. The maximum absolute atomic E-state index is 14.2. The van der Waals surface area contributed by atoms with E-state index in [2.05, 4.69) is 46.4 Å². The lowest BCUT2D eigenvalue weighted by Crippen LogP contribution is -2.75. The highest BCUT2D eigenvalue weighted by molar-refractivity contribution is 7.79. The van der Waals surface area contributed by atoms with Crippen molar-refractivity contribution in [2.75, 3.05) is 0 Å². The Morgan fingerprint density at radius 1 is 0.375 bits per heavy atom. The van der Waals surface area contributed by atoms with Crippen LogP contribution in [0.25, 0.3) is 0 Å². The second-order valence-electron chi connectivity index (χ2n) is 15.6. The highest BCUT2D eigenvalue weighted by Crippen LogP contribution is 2.41. The molecule has 0 N–H and O–H groups in total. The Kier molecular flexibility index (Phi) is 15.6. The third-order valence-corrected chi connectivity index (χ3v) is 11.0. The molecule has 2 nitrogen and oxygen atoms in total. The van der Waals surface area contributed by atoms with Crippen LogP contribution in [0.5, 0.6) is 0 Å². The zero-order chi connectivity index (χ0) is 54.4. The first-order chi connectivity index (χ1) is 32.7. The maximum Gasteiger partial charge on any atom is 0.416 e. The average Bonchev–Trinajstić information content (AvgIpc) is 3.25. The fourth-order valence-electron chi connectivity index (χ4n) is 7.55. The minimum absolute atomic E-state index is 0.691. The summed E-state index contributed by atoms with van der Waals surface area (Å²) in [6, 6.07) is 1.57. The molecule has 0 fully saturated rings. The van der Waals surface area contributed by atoms with Crippen LogP contribution >= 0.6 is 12.6 Å². The van der Waals surface area contributed by atoms with Crippen molar-refractivity contribution in [2.45, 2.75) is 61.7 Å². The number of nitrogens with zero attached hydrogens (tertiary/aromatic N) is 2. The van der Waals surface area contributed by atoms with E-state index >= 15 is 0 Å². The van der Waals surface area contributed by atoms with E-state index in [1.165, 1.54) is 5.56 Å². The number of hydrogen-bond donors (Lipinski definition) is 1. The van der Waals surface area contributed by atoms with Gasteiger partial charge in [-0.25, -0.2) is 0 Å². The Morgan fingerprint density at radius 3 is 0.847 bits per heavy atom. The van der Waals surface area contributed by atoms with E-state index in [-0.39, 0.29) is 0 Å². The van der Waals surface area contributed by atoms with Crippen LogP contribution in [0, 0.1) is 0 Å². The van der Waals surface area contributed by atoms with Gasteiger partial charge in [0.2, 0.25) is 5.69 Å². The monoisotopic (exact) mass is 1080 g/mol. The summed E-state index contributed by atoms with van der Waals surface area (Å²) in [6.07, 6.45) is -49.2. The Balaban J connectivity index is 0.000000542. The molecule has 28 heteroatoms. The van der Waals surface area contributed by atoms with E-state index in [0.717, 1.165) is 12.2 Å². The van der Waals surface area contributed by atoms with Gasteiger partial charge in [0.1, 0.15) is 6.15 Å². The summed E-state index contributed by atoms with van der Waals surface area (Å²) >= 11 is 4.29. The van der Waals surface area contributed by atoms with Crippen molar-refractivity contribution in [3.05, 3.63) is 177 Å². The van der Waals surface area contributed by atoms with Gasteiger partial charge in [-0.1, -0.05) is 78.9 Å². The summed E-state index contributed by atoms with van der Waals surface area (Å²) in [4.78, 5) is 4.09. The summed E-state index contributed by atoms with van der Waals surface area (Å²) in [6.45, 7) is 0.874. The Morgan fingerprint density at radius 2 is 0.625 bits per heavy atom. The molecule has 0 spiro atoms. The van der Waals surface area contributed by atoms with Crippen LogP contribution in [0.4, 0.5) is 105 Å². The van der Waals surface area contributed by atoms with Crippen molar-refractivity contribution >= 4 is 40.6 Å². The number of halogens is 24. The molecule has 0 bridgehead atoms. The van der Waals surface area contributed by atoms with E-state index in [4.69, 9.17) is 0 Å². The van der Waals surface area contributed by atoms with Crippen LogP contribution in [0.3, 0.4) is 0 Å². The van der Waals surface area contributed by atoms with Gasteiger partial charge in [0.25, 0.3) is 0 Å². The first kappa shape index (κ1) is 56.8. The number of rotatable bonds is 7. The minimum Gasteiger partial charge on any atom is -0.252 e. The summed E-state index contributed by atoms with van der Waals surface area (Å²) in [7, 11) is 0. The average molecular weight is 1080 g/mol. The molecule has 388 valence electrons. The predicted molar refractivity (Wildman–Crippen MR) is 213 cm³/mol. The van der Waals surface area contributed by atoms with E-state index < -0.39 is 195 Å². The van der Waals surface area contributed by atoms with Crippen molar-refractivity contribution in [2.24, 2.45) is 0 Å². The SMILES string of the molecule is FC(F)(F)c1cc([B-](c2cc(C(F)(F)F)cc(C(F)(F)F)c2)(c2cc(C(F)(F)F)cc(C(F)(F)F)c2)c2cc(C(F)(F)F)cc(C(F)(F)F)c2)cc(C(F)(F)F)c1.SCc1cncc[n+]1Cc1ccccc1. The molecule has 5 aromatic carbocycles. The van der Waals surface area contributed by atoms with E-state index in [9.17, 15) is 105 Å². The van der Waals surface area contributed by atoms with Gasteiger partial charge >= 0.3 is 49.4 Å². The smallest absolute Gasteiger partial charge is 0.252 e. The second-order valence-corrected chi connectivity index (χ2v) is 15.9. The number of thiol groups is 1. The first-order valence-corrected chi connectivity index (χ1v) is 20.1. The zero-order valence-corrected chi connectivity index (χ0v) is 35.8. The van der Waals surface area contributed by atoms with E-state index in [1.807, 2.05) is 18.5 Å². The van der Waals surface area contributed by atoms with Gasteiger partial charge in [0, 0.05) is 5.56 Å². The molecule has 6 rings (SSSR count). The second kappa shape index (κ2) is 19.7. The lowest BCUT2D eigenvalue weighted by atomic mass is 9.12. The zero-order valence-electron chi connectivity index (χ0n) is 35.0. The largest absolute Gasteiger partial charge is 0.416 e. The highest BCUT2D eigenvalue weighted by Gasteiger charge is 2.47. The lowest BCUT2D eigenvalue weighted by molar-refractivity contribution is -0.695. The van der Waals surface area contributed by atoms with Crippen molar-refractivity contribution in [3.63, 3.8) is 0 Å². The molecule has 0 atom stereocenters. The van der Waals surface area contributed by atoms with Crippen LogP contribution in [0.1, 0.15) is 55.8 Å². The molecule has 0 aliphatic carbocycles. The molecule has 6 aromatic rings. The topological polar surface area (TPSA) is 16.8 Å². The Bertz CT molecular complexity index is 2440. The number of aromatic nitrogens is 2. The fraction of sp³-hybridized carbons (Fsp3) is 0.227. The third-order valence-electron chi connectivity index (χ3n) is 10.7. The Hall–Kier alpha value is -6.09. The van der Waals surface area contributed by atoms with Crippen molar-refractivity contribution in [1.82, 2.24) is 4.98 Å².